The Labute approximate surface area is 159 Å². The highest BCUT2D eigenvalue weighted by Gasteiger charge is 2.41. The molecule has 3 rings (SSSR count). The van der Waals surface area contributed by atoms with Gasteiger partial charge >= 0.3 is 5.97 Å². The molecule has 5 nitrogen and oxygen atoms in total. The molecule has 1 amide bonds. The van der Waals surface area contributed by atoms with Gasteiger partial charge in [-0.1, -0.05) is 49.1 Å². The van der Waals surface area contributed by atoms with E-state index in [0.29, 0.717) is 11.4 Å². The van der Waals surface area contributed by atoms with E-state index in [4.69, 9.17) is 9.84 Å². The number of aryl methyl sites for hydroxylation is 1. The number of hydrogen-bond donors (Lipinski definition) is 2. The molecule has 0 radical (unpaired) electrons. The van der Waals surface area contributed by atoms with Crippen LogP contribution in [-0.2, 0) is 15.0 Å². The van der Waals surface area contributed by atoms with E-state index >= 15 is 0 Å². The van der Waals surface area contributed by atoms with Crippen LogP contribution in [0.15, 0.2) is 48.5 Å². The molecular weight excluding hydrogens is 342 g/mol. The number of aliphatic carboxylic acids is 1. The summed E-state index contributed by atoms with van der Waals surface area (Å²) in [6.45, 7) is 1.66. The smallest absolute Gasteiger partial charge is 0.341 e. The van der Waals surface area contributed by atoms with E-state index in [1.807, 2.05) is 6.92 Å². The first-order chi connectivity index (χ1) is 13.0. The zero-order valence-corrected chi connectivity index (χ0v) is 15.5. The minimum Gasteiger partial charge on any atom is -0.482 e. The van der Waals surface area contributed by atoms with Gasteiger partial charge in [-0.05, 0) is 49.6 Å². The summed E-state index contributed by atoms with van der Waals surface area (Å²) in [7, 11) is 0. The van der Waals surface area contributed by atoms with Crippen molar-refractivity contribution in [3.63, 3.8) is 0 Å². The van der Waals surface area contributed by atoms with Gasteiger partial charge in [0.05, 0.1) is 5.41 Å². The molecule has 142 valence electrons. The van der Waals surface area contributed by atoms with Crippen molar-refractivity contribution < 1.29 is 19.4 Å². The van der Waals surface area contributed by atoms with Crippen LogP contribution in [0.1, 0.15) is 43.2 Å². The second kappa shape index (κ2) is 8.25. The maximum absolute atomic E-state index is 13.3. The standard InChI is InChI=1S/C22H25NO4/c1-16-5-7-17(8-6-16)22(13-3-2-4-14-22)21(26)23-18-9-11-19(12-10-18)27-15-20(24)25/h5-12H,2-4,13-15H2,1H3,(H,23,26)(H,24,25). The van der Waals surface area contributed by atoms with Crippen molar-refractivity contribution in [1.29, 1.82) is 0 Å². The third kappa shape index (κ3) is 4.48. The molecule has 1 fully saturated rings. The highest BCUT2D eigenvalue weighted by molar-refractivity contribution is 5.99. The second-order valence-electron chi connectivity index (χ2n) is 7.17. The fraction of sp³-hybridized carbons (Fsp3) is 0.364. The number of hydrogen-bond acceptors (Lipinski definition) is 3. The van der Waals surface area contributed by atoms with E-state index in [1.54, 1.807) is 24.3 Å². The van der Waals surface area contributed by atoms with Crippen LogP contribution in [0, 0.1) is 6.92 Å². The first kappa shape index (κ1) is 19.0. The zero-order chi connectivity index (χ0) is 19.3. The SMILES string of the molecule is Cc1ccc(C2(C(=O)Nc3ccc(OCC(=O)O)cc3)CCCCC2)cc1. The lowest BCUT2D eigenvalue weighted by Gasteiger charge is -2.36. The van der Waals surface area contributed by atoms with Gasteiger partial charge in [-0.3, -0.25) is 4.79 Å². The van der Waals surface area contributed by atoms with Crippen molar-refractivity contribution >= 4 is 17.6 Å². The van der Waals surface area contributed by atoms with Crippen molar-refractivity contribution in [3.05, 3.63) is 59.7 Å². The molecule has 1 aliphatic rings. The highest BCUT2D eigenvalue weighted by atomic mass is 16.5. The number of ether oxygens (including phenoxy) is 1. The van der Waals surface area contributed by atoms with Crippen LogP contribution < -0.4 is 10.1 Å². The fourth-order valence-electron chi connectivity index (χ4n) is 3.71. The van der Waals surface area contributed by atoms with E-state index in [2.05, 4.69) is 29.6 Å². The molecule has 0 heterocycles. The quantitative estimate of drug-likeness (QED) is 0.798. The Morgan fingerprint density at radius 2 is 1.63 bits per heavy atom. The van der Waals surface area contributed by atoms with Crippen molar-refractivity contribution in [2.24, 2.45) is 0 Å². The third-order valence-electron chi connectivity index (χ3n) is 5.22. The Morgan fingerprint density at radius 3 is 2.22 bits per heavy atom. The predicted octanol–water partition coefficient (Wildman–Crippen LogP) is 4.30. The van der Waals surface area contributed by atoms with E-state index in [9.17, 15) is 9.59 Å². The largest absolute Gasteiger partial charge is 0.482 e. The summed E-state index contributed by atoms with van der Waals surface area (Å²) in [5, 5.41) is 11.7. The first-order valence-electron chi connectivity index (χ1n) is 9.33. The molecule has 0 atom stereocenters. The lowest BCUT2D eigenvalue weighted by molar-refractivity contribution is -0.139. The number of carbonyl (C=O) groups is 2. The summed E-state index contributed by atoms with van der Waals surface area (Å²) in [5.41, 5.74) is 2.44. The average Bonchev–Trinajstić information content (AvgIpc) is 2.68. The predicted molar refractivity (Wildman–Crippen MR) is 104 cm³/mol. The summed E-state index contributed by atoms with van der Waals surface area (Å²) in [6, 6.07) is 15.1. The number of anilines is 1. The molecule has 2 aromatic rings. The number of carbonyl (C=O) groups excluding carboxylic acids is 1. The van der Waals surface area contributed by atoms with Crippen LogP contribution in [0.2, 0.25) is 0 Å². The Hall–Kier alpha value is -2.82. The summed E-state index contributed by atoms with van der Waals surface area (Å²) < 4.78 is 5.13. The molecule has 5 heteroatoms. The van der Waals surface area contributed by atoms with E-state index in [-0.39, 0.29) is 12.5 Å². The van der Waals surface area contributed by atoms with Crippen LogP contribution in [0.5, 0.6) is 5.75 Å². The Morgan fingerprint density at radius 1 is 1.00 bits per heavy atom. The molecule has 0 aromatic heterocycles. The molecule has 27 heavy (non-hydrogen) atoms. The van der Waals surface area contributed by atoms with Crippen LogP contribution in [0.4, 0.5) is 5.69 Å². The summed E-state index contributed by atoms with van der Waals surface area (Å²) >= 11 is 0. The van der Waals surface area contributed by atoms with Gasteiger partial charge in [0.25, 0.3) is 0 Å². The van der Waals surface area contributed by atoms with Gasteiger partial charge < -0.3 is 15.2 Å². The van der Waals surface area contributed by atoms with Crippen molar-refractivity contribution in [2.75, 3.05) is 11.9 Å². The van der Waals surface area contributed by atoms with Crippen LogP contribution in [-0.4, -0.2) is 23.6 Å². The number of benzene rings is 2. The first-order valence-corrected chi connectivity index (χ1v) is 9.33. The number of amides is 1. The highest BCUT2D eigenvalue weighted by Crippen LogP contribution is 2.40. The van der Waals surface area contributed by atoms with Gasteiger partial charge in [-0.25, -0.2) is 4.79 Å². The minimum absolute atomic E-state index is 0.0188. The molecule has 1 saturated carbocycles. The number of carboxylic acid groups (broad SMARTS) is 1. The molecule has 0 saturated heterocycles. The second-order valence-corrected chi connectivity index (χ2v) is 7.17. The van der Waals surface area contributed by atoms with Crippen LogP contribution in [0.25, 0.3) is 0 Å². The topological polar surface area (TPSA) is 75.6 Å². The van der Waals surface area contributed by atoms with Gasteiger partial charge in [0, 0.05) is 5.69 Å². The minimum atomic E-state index is -1.02. The lowest BCUT2D eigenvalue weighted by atomic mass is 9.68. The van der Waals surface area contributed by atoms with Gasteiger partial charge in [-0.15, -0.1) is 0 Å². The normalized spacial score (nSPS) is 15.7. The maximum Gasteiger partial charge on any atom is 0.341 e. The van der Waals surface area contributed by atoms with Gasteiger partial charge in [0.1, 0.15) is 5.75 Å². The number of carboxylic acids is 1. The average molecular weight is 367 g/mol. The van der Waals surface area contributed by atoms with Crippen molar-refractivity contribution in [3.8, 4) is 5.75 Å². The van der Waals surface area contributed by atoms with Gasteiger partial charge in [0.2, 0.25) is 5.91 Å². The maximum atomic E-state index is 13.3. The van der Waals surface area contributed by atoms with E-state index in [1.165, 1.54) is 5.56 Å². The van der Waals surface area contributed by atoms with Crippen molar-refractivity contribution in [1.82, 2.24) is 0 Å². The Balaban J connectivity index is 1.77. The monoisotopic (exact) mass is 367 g/mol. The summed E-state index contributed by atoms with van der Waals surface area (Å²) in [5.74, 6) is -0.545. The third-order valence-corrected chi connectivity index (χ3v) is 5.22. The molecule has 2 aromatic carbocycles. The number of nitrogens with one attached hydrogen (secondary N) is 1. The van der Waals surface area contributed by atoms with E-state index in [0.717, 1.165) is 37.7 Å². The molecular formula is C22H25NO4. The van der Waals surface area contributed by atoms with Gasteiger partial charge in [-0.2, -0.15) is 0 Å². The molecule has 0 bridgehead atoms. The fourth-order valence-corrected chi connectivity index (χ4v) is 3.71. The Kier molecular flexibility index (Phi) is 5.79. The van der Waals surface area contributed by atoms with Crippen molar-refractivity contribution in [2.45, 2.75) is 44.4 Å². The summed E-state index contributed by atoms with van der Waals surface area (Å²) in [4.78, 5) is 23.8. The lowest BCUT2D eigenvalue weighted by Crippen LogP contribution is -2.42. The summed E-state index contributed by atoms with van der Waals surface area (Å²) in [6.07, 6.45) is 4.95. The molecule has 0 unspecified atom stereocenters. The molecule has 2 N–H and O–H groups in total. The van der Waals surface area contributed by atoms with E-state index < -0.39 is 11.4 Å². The molecule has 1 aliphatic carbocycles. The van der Waals surface area contributed by atoms with Crippen LogP contribution in [0.3, 0.4) is 0 Å². The molecule has 0 spiro atoms. The zero-order valence-electron chi connectivity index (χ0n) is 15.5. The number of rotatable bonds is 6. The Bertz CT molecular complexity index is 790. The van der Waals surface area contributed by atoms with Gasteiger partial charge in [0.15, 0.2) is 6.61 Å². The molecule has 0 aliphatic heterocycles. The van der Waals surface area contributed by atoms with Crippen LogP contribution >= 0.6 is 0 Å².